The molecule has 102 valence electrons. The smallest absolute Gasteiger partial charge is 0.165 e. The quantitative estimate of drug-likeness (QED) is 0.818. The van der Waals surface area contributed by atoms with Crippen molar-refractivity contribution in [3.05, 3.63) is 29.6 Å². The van der Waals surface area contributed by atoms with Gasteiger partial charge in [0.05, 0.1) is 18.6 Å². The Labute approximate surface area is 113 Å². The molecule has 0 N–H and O–H groups in total. The molecule has 2 rings (SSSR count). The minimum absolute atomic E-state index is 0.181. The predicted octanol–water partition coefficient (Wildman–Crippen LogP) is 2.96. The van der Waals surface area contributed by atoms with E-state index in [-0.39, 0.29) is 17.0 Å². The molecule has 1 aromatic rings. The number of ether oxygens (including phenoxy) is 1. The first kappa shape index (κ1) is 13.8. The van der Waals surface area contributed by atoms with Crippen LogP contribution in [0.4, 0.5) is 4.39 Å². The third kappa shape index (κ3) is 3.05. The van der Waals surface area contributed by atoms with Gasteiger partial charge in [-0.2, -0.15) is 5.26 Å². The summed E-state index contributed by atoms with van der Waals surface area (Å²) >= 11 is 0. The Kier molecular flexibility index (Phi) is 4.06. The molecular weight excluding hydrogens is 243 g/mol. The lowest BCUT2D eigenvalue weighted by molar-refractivity contribution is 0.134. The Balaban J connectivity index is 1.97. The van der Waals surface area contributed by atoms with Gasteiger partial charge in [-0.25, -0.2) is 4.39 Å². The molecule has 19 heavy (non-hydrogen) atoms. The van der Waals surface area contributed by atoms with Gasteiger partial charge in [0.15, 0.2) is 11.6 Å². The fraction of sp³-hybridized carbons (Fsp3) is 0.533. The second-order valence-electron chi connectivity index (χ2n) is 5.39. The van der Waals surface area contributed by atoms with E-state index >= 15 is 0 Å². The normalized spacial score (nSPS) is 16.8. The molecule has 0 aliphatic heterocycles. The number of rotatable bonds is 5. The minimum Gasteiger partial charge on any atom is -0.494 e. The van der Waals surface area contributed by atoms with Crippen molar-refractivity contribution >= 4 is 0 Å². The number of hydrogen-bond donors (Lipinski definition) is 0. The molecule has 0 atom stereocenters. The van der Waals surface area contributed by atoms with Gasteiger partial charge in [-0.3, -0.25) is 0 Å². The fourth-order valence-electron chi connectivity index (χ4n) is 2.60. The Hall–Kier alpha value is -1.60. The summed E-state index contributed by atoms with van der Waals surface area (Å²) in [5.74, 6) is -0.0778. The molecule has 1 saturated carbocycles. The highest BCUT2D eigenvalue weighted by atomic mass is 19.1. The minimum atomic E-state index is -0.341. The van der Waals surface area contributed by atoms with Crippen molar-refractivity contribution in [1.82, 2.24) is 4.90 Å². The molecule has 0 aromatic heterocycles. The fourth-order valence-corrected chi connectivity index (χ4v) is 2.60. The van der Waals surface area contributed by atoms with E-state index in [9.17, 15) is 9.65 Å². The first-order valence-corrected chi connectivity index (χ1v) is 6.51. The van der Waals surface area contributed by atoms with E-state index < -0.39 is 0 Å². The molecule has 1 fully saturated rings. The van der Waals surface area contributed by atoms with Crippen molar-refractivity contribution in [3.8, 4) is 11.8 Å². The van der Waals surface area contributed by atoms with Crippen LogP contribution >= 0.6 is 0 Å². The zero-order valence-corrected chi connectivity index (χ0v) is 11.4. The van der Waals surface area contributed by atoms with E-state index in [0.29, 0.717) is 6.54 Å². The van der Waals surface area contributed by atoms with Gasteiger partial charge in [0.2, 0.25) is 0 Å². The van der Waals surface area contributed by atoms with Crippen molar-refractivity contribution in [2.24, 2.45) is 5.41 Å². The lowest BCUT2D eigenvalue weighted by atomic mass is 9.69. The van der Waals surface area contributed by atoms with Crippen LogP contribution in [0.2, 0.25) is 0 Å². The van der Waals surface area contributed by atoms with Crippen LogP contribution in [0.15, 0.2) is 18.2 Å². The third-order valence-corrected chi connectivity index (χ3v) is 3.79. The molecule has 4 heteroatoms. The maximum absolute atomic E-state index is 13.6. The van der Waals surface area contributed by atoms with E-state index in [1.807, 2.05) is 13.1 Å². The van der Waals surface area contributed by atoms with Crippen LogP contribution in [0.5, 0.6) is 5.75 Å². The summed E-state index contributed by atoms with van der Waals surface area (Å²) in [5.41, 5.74) is 0.716. The predicted molar refractivity (Wildman–Crippen MR) is 71.2 cm³/mol. The summed E-state index contributed by atoms with van der Waals surface area (Å²) in [5, 5.41) is 9.21. The molecule has 0 spiro atoms. The zero-order valence-electron chi connectivity index (χ0n) is 11.4. The summed E-state index contributed by atoms with van der Waals surface area (Å²) in [4.78, 5) is 2.09. The van der Waals surface area contributed by atoms with Crippen LogP contribution in [0.25, 0.3) is 0 Å². The van der Waals surface area contributed by atoms with Crippen molar-refractivity contribution < 1.29 is 9.13 Å². The summed E-state index contributed by atoms with van der Waals surface area (Å²) in [6.45, 7) is 1.39. The molecule has 0 heterocycles. The molecule has 1 aliphatic carbocycles. The number of benzene rings is 1. The molecule has 1 aromatic carbocycles. The van der Waals surface area contributed by atoms with Gasteiger partial charge < -0.3 is 9.64 Å². The summed E-state index contributed by atoms with van der Waals surface area (Å²) < 4.78 is 18.5. The molecule has 0 saturated heterocycles. The van der Waals surface area contributed by atoms with Gasteiger partial charge in [-0.05, 0) is 37.6 Å². The highest BCUT2D eigenvalue weighted by Crippen LogP contribution is 2.40. The van der Waals surface area contributed by atoms with Crippen LogP contribution in [-0.2, 0) is 6.54 Å². The van der Waals surface area contributed by atoms with E-state index in [4.69, 9.17) is 4.74 Å². The molecule has 0 amide bonds. The van der Waals surface area contributed by atoms with E-state index in [2.05, 4.69) is 11.0 Å². The van der Waals surface area contributed by atoms with Crippen LogP contribution in [0, 0.1) is 22.6 Å². The number of halogens is 1. The Morgan fingerprint density at radius 3 is 2.68 bits per heavy atom. The number of nitrogens with zero attached hydrogens (tertiary/aromatic N) is 2. The lowest BCUT2D eigenvalue weighted by Gasteiger charge is -2.38. The highest BCUT2D eigenvalue weighted by Gasteiger charge is 2.37. The topological polar surface area (TPSA) is 36.3 Å². The van der Waals surface area contributed by atoms with Crippen LogP contribution in [0.1, 0.15) is 24.8 Å². The maximum Gasteiger partial charge on any atom is 0.165 e. The number of methoxy groups -OCH3 is 1. The van der Waals surface area contributed by atoms with Gasteiger partial charge in [-0.1, -0.05) is 12.5 Å². The van der Waals surface area contributed by atoms with E-state index in [1.165, 1.54) is 13.2 Å². The van der Waals surface area contributed by atoms with Gasteiger partial charge in [0.1, 0.15) is 0 Å². The lowest BCUT2D eigenvalue weighted by Crippen LogP contribution is -2.39. The Morgan fingerprint density at radius 1 is 1.47 bits per heavy atom. The SMILES string of the molecule is COc1ccc(CN(C)CC2(C#N)CCC2)cc1F. The summed E-state index contributed by atoms with van der Waals surface area (Å²) in [6, 6.07) is 7.42. The van der Waals surface area contributed by atoms with E-state index in [0.717, 1.165) is 31.4 Å². The average Bonchev–Trinajstić information content (AvgIpc) is 2.34. The molecular formula is C15H19FN2O. The maximum atomic E-state index is 13.6. The van der Waals surface area contributed by atoms with E-state index in [1.54, 1.807) is 6.07 Å². The van der Waals surface area contributed by atoms with Gasteiger partial charge in [-0.15, -0.1) is 0 Å². The standard InChI is InChI=1S/C15H19FN2O/c1-18(11-15(10-17)6-3-7-15)9-12-4-5-14(19-2)13(16)8-12/h4-5,8H,3,6-7,9,11H2,1-2H3. The van der Waals surface area contributed by atoms with Gasteiger partial charge >= 0.3 is 0 Å². The number of nitriles is 1. The molecule has 3 nitrogen and oxygen atoms in total. The van der Waals surface area contributed by atoms with Gasteiger partial charge in [0, 0.05) is 13.1 Å². The van der Waals surface area contributed by atoms with Crippen LogP contribution in [0.3, 0.4) is 0 Å². The van der Waals surface area contributed by atoms with Crippen molar-refractivity contribution in [3.63, 3.8) is 0 Å². The molecule has 0 unspecified atom stereocenters. The zero-order chi connectivity index (χ0) is 13.9. The monoisotopic (exact) mass is 262 g/mol. The largest absolute Gasteiger partial charge is 0.494 e. The first-order chi connectivity index (χ1) is 9.08. The van der Waals surface area contributed by atoms with Gasteiger partial charge in [0.25, 0.3) is 0 Å². The first-order valence-electron chi connectivity index (χ1n) is 6.51. The Bertz CT molecular complexity index is 491. The summed E-state index contributed by atoms with van der Waals surface area (Å²) in [7, 11) is 3.43. The second kappa shape index (κ2) is 5.58. The highest BCUT2D eigenvalue weighted by molar-refractivity contribution is 5.29. The molecule has 0 radical (unpaired) electrons. The van der Waals surface area contributed by atoms with Crippen LogP contribution in [-0.4, -0.2) is 25.6 Å². The summed E-state index contributed by atoms with van der Waals surface area (Å²) in [6.07, 6.45) is 3.09. The van der Waals surface area contributed by atoms with Crippen molar-refractivity contribution in [1.29, 1.82) is 5.26 Å². The van der Waals surface area contributed by atoms with Crippen molar-refractivity contribution in [2.45, 2.75) is 25.8 Å². The Morgan fingerprint density at radius 2 is 2.21 bits per heavy atom. The molecule has 0 bridgehead atoms. The molecule has 1 aliphatic rings. The number of hydrogen-bond acceptors (Lipinski definition) is 3. The second-order valence-corrected chi connectivity index (χ2v) is 5.39. The van der Waals surface area contributed by atoms with Crippen molar-refractivity contribution in [2.75, 3.05) is 20.7 Å². The van der Waals surface area contributed by atoms with Crippen LogP contribution < -0.4 is 4.74 Å². The third-order valence-electron chi connectivity index (χ3n) is 3.79. The average molecular weight is 262 g/mol.